The van der Waals surface area contributed by atoms with Crippen molar-refractivity contribution in [2.24, 2.45) is 0 Å². The van der Waals surface area contributed by atoms with Crippen LogP contribution in [0.5, 0.6) is 0 Å². The second-order valence-corrected chi connectivity index (χ2v) is 6.22. The molecule has 0 saturated heterocycles. The molecule has 0 radical (unpaired) electrons. The van der Waals surface area contributed by atoms with Crippen LogP contribution in [0.15, 0.2) is 18.2 Å². The number of carbonyl (C=O) groups is 1. The highest BCUT2D eigenvalue weighted by Crippen LogP contribution is 2.36. The minimum absolute atomic E-state index is 0.0919. The van der Waals surface area contributed by atoms with Gasteiger partial charge in [0.25, 0.3) is 0 Å². The maximum absolute atomic E-state index is 12.8. The van der Waals surface area contributed by atoms with E-state index in [2.05, 4.69) is 10.6 Å². The van der Waals surface area contributed by atoms with E-state index in [0.717, 1.165) is 37.8 Å². The lowest BCUT2D eigenvalue weighted by Crippen LogP contribution is -2.35. The van der Waals surface area contributed by atoms with E-state index in [4.69, 9.17) is 11.6 Å². The molecule has 0 atom stereocenters. The molecule has 128 valence electrons. The fourth-order valence-electron chi connectivity index (χ4n) is 2.75. The number of hydrogen-bond acceptors (Lipinski definition) is 2. The third kappa shape index (κ3) is 5.70. The molecule has 1 aliphatic carbocycles. The van der Waals surface area contributed by atoms with Crippen molar-refractivity contribution in [1.29, 1.82) is 0 Å². The summed E-state index contributed by atoms with van der Waals surface area (Å²) in [5.74, 6) is -0.357. The number of carbonyl (C=O) groups excluding carboxylic acids is 1. The number of halogens is 4. The van der Waals surface area contributed by atoms with Crippen LogP contribution in [0.4, 0.5) is 18.9 Å². The zero-order valence-electron chi connectivity index (χ0n) is 12.7. The predicted octanol–water partition coefficient (Wildman–Crippen LogP) is 4.61. The van der Waals surface area contributed by atoms with Gasteiger partial charge < -0.3 is 10.6 Å². The minimum Gasteiger partial charge on any atom is -0.325 e. The number of hydrogen-bond donors (Lipinski definition) is 2. The third-order valence-corrected chi connectivity index (χ3v) is 4.29. The van der Waals surface area contributed by atoms with Crippen LogP contribution in [0.1, 0.15) is 44.1 Å². The maximum atomic E-state index is 12.8. The summed E-state index contributed by atoms with van der Waals surface area (Å²) in [5, 5.41) is 5.27. The van der Waals surface area contributed by atoms with Gasteiger partial charge >= 0.3 is 6.18 Å². The molecule has 3 nitrogen and oxygen atoms in total. The van der Waals surface area contributed by atoms with E-state index in [0.29, 0.717) is 6.04 Å². The molecule has 0 unspecified atom stereocenters. The van der Waals surface area contributed by atoms with Crippen LogP contribution in [0.2, 0.25) is 5.02 Å². The van der Waals surface area contributed by atoms with Crippen LogP contribution in [0.25, 0.3) is 0 Å². The van der Waals surface area contributed by atoms with Gasteiger partial charge in [0.05, 0.1) is 17.1 Å². The van der Waals surface area contributed by atoms with Gasteiger partial charge in [-0.25, -0.2) is 0 Å². The normalized spacial score (nSPS) is 16.9. The maximum Gasteiger partial charge on any atom is 0.417 e. The van der Waals surface area contributed by atoms with Crippen molar-refractivity contribution in [2.45, 2.75) is 50.7 Å². The Kier molecular flexibility index (Phi) is 6.30. The summed E-state index contributed by atoms with van der Waals surface area (Å²) < 4.78 is 38.4. The lowest BCUT2D eigenvalue weighted by Gasteiger charge is -2.16. The quantitative estimate of drug-likeness (QED) is 0.780. The average Bonchev–Trinajstić information content (AvgIpc) is 2.74. The van der Waals surface area contributed by atoms with Crippen molar-refractivity contribution < 1.29 is 18.0 Å². The van der Waals surface area contributed by atoms with Crippen molar-refractivity contribution in [3.05, 3.63) is 28.8 Å². The van der Waals surface area contributed by atoms with Crippen molar-refractivity contribution in [3.63, 3.8) is 0 Å². The average molecular weight is 349 g/mol. The van der Waals surface area contributed by atoms with Gasteiger partial charge in [-0.3, -0.25) is 4.79 Å². The van der Waals surface area contributed by atoms with Crippen molar-refractivity contribution >= 4 is 23.2 Å². The summed E-state index contributed by atoms with van der Waals surface area (Å²) >= 11 is 5.55. The Morgan fingerprint density at radius 3 is 2.43 bits per heavy atom. The number of benzene rings is 1. The van der Waals surface area contributed by atoms with E-state index in [-0.39, 0.29) is 23.2 Å². The van der Waals surface area contributed by atoms with Crippen molar-refractivity contribution in [2.75, 3.05) is 11.9 Å². The van der Waals surface area contributed by atoms with Gasteiger partial charge in [0, 0.05) is 11.7 Å². The molecule has 1 fully saturated rings. The second kappa shape index (κ2) is 8.02. The van der Waals surface area contributed by atoms with Crippen LogP contribution >= 0.6 is 11.6 Å². The zero-order valence-corrected chi connectivity index (χ0v) is 13.4. The molecule has 0 bridgehead atoms. The first-order chi connectivity index (χ1) is 10.9. The molecule has 2 rings (SSSR count). The molecule has 1 amide bonds. The first-order valence-electron chi connectivity index (χ1n) is 7.76. The van der Waals surface area contributed by atoms with Gasteiger partial charge in [0.15, 0.2) is 0 Å². The topological polar surface area (TPSA) is 41.1 Å². The van der Waals surface area contributed by atoms with Gasteiger partial charge in [-0.05, 0) is 31.0 Å². The van der Waals surface area contributed by atoms with Gasteiger partial charge in [-0.1, -0.05) is 37.3 Å². The van der Waals surface area contributed by atoms with Gasteiger partial charge in [-0.15, -0.1) is 0 Å². The number of alkyl halides is 3. The first kappa shape index (κ1) is 18.1. The first-order valence-corrected chi connectivity index (χ1v) is 8.14. The molecule has 1 aromatic rings. The Hall–Kier alpha value is -1.27. The van der Waals surface area contributed by atoms with E-state index >= 15 is 0 Å². The molecule has 1 aromatic carbocycles. The van der Waals surface area contributed by atoms with Crippen LogP contribution in [0, 0.1) is 0 Å². The number of rotatable bonds is 4. The smallest absolute Gasteiger partial charge is 0.325 e. The number of anilines is 1. The Bertz CT molecular complexity index is 541. The van der Waals surface area contributed by atoms with Crippen molar-refractivity contribution in [3.8, 4) is 0 Å². The number of amides is 1. The predicted molar refractivity (Wildman–Crippen MR) is 84.6 cm³/mol. The molecular formula is C16H20ClF3N2O. The summed E-state index contributed by atoms with van der Waals surface area (Å²) in [5.41, 5.74) is -0.858. The number of nitrogens with one attached hydrogen (secondary N) is 2. The molecule has 23 heavy (non-hydrogen) atoms. The summed E-state index contributed by atoms with van der Waals surface area (Å²) in [6, 6.07) is 3.66. The molecule has 0 spiro atoms. The van der Waals surface area contributed by atoms with E-state index in [1.165, 1.54) is 18.9 Å². The molecule has 0 aromatic heterocycles. The lowest BCUT2D eigenvalue weighted by atomic mass is 10.1. The van der Waals surface area contributed by atoms with Crippen LogP contribution in [0.3, 0.4) is 0 Å². The fourth-order valence-corrected chi connectivity index (χ4v) is 2.97. The molecule has 1 aliphatic rings. The molecule has 1 saturated carbocycles. The lowest BCUT2D eigenvalue weighted by molar-refractivity contribution is -0.137. The van der Waals surface area contributed by atoms with Crippen molar-refractivity contribution in [1.82, 2.24) is 5.32 Å². The highest BCUT2D eigenvalue weighted by atomic mass is 35.5. The monoisotopic (exact) mass is 348 g/mol. The van der Waals surface area contributed by atoms with Gasteiger partial charge in [-0.2, -0.15) is 13.2 Å². The third-order valence-electron chi connectivity index (χ3n) is 3.96. The SMILES string of the molecule is O=C(CNC1CCCCCC1)Nc1ccc(Cl)c(C(F)(F)F)c1. The zero-order chi connectivity index (χ0) is 16.9. The van der Waals surface area contributed by atoms with E-state index in [9.17, 15) is 18.0 Å². The Balaban J connectivity index is 1.90. The highest BCUT2D eigenvalue weighted by molar-refractivity contribution is 6.31. The fraction of sp³-hybridized carbons (Fsp3) is 0.562. The molecule has 0 heterocycles. The van der Waals surface area contributed by atoms with Gasteiger partial charge in [0.2, 0.25) is 5.91 Å². The van der Waals surface area contributed by atoms with E-state index < -0.39 is 11.7 Å². The van der Waals surface area contributed by atoms with E-state index in [1.54, 1.807) is 0 Å². The standard InChI is InChI=1S/C16H20ClF3N2O/c17-14-8-7-12(9-13(14)16(18,19)20)22-15(23)10-21-11-5-3-1-2-4-6-11/h7-9,11,21H,1-6,10H2,(H,22,23). The molecule has 0 aliphatic heterocycles. The minimum atomic E-state index is -4.55. The summed E-state index contributed by atoms with van der Waals surface area (Å²) in [6.45, 7) is 0.0919. The largest absolute Gasteiger partial charge is 0.417 e. The Labute approximate surface area is 138 Å². The summed E-state index contributed by atoms with van der Waals surface area (Å²) in [6.07, 6.45) is 2.25. The van der Waals surface area contributed by atoms with Gasteiger partial charge in [0.1, 0.15) is 0 Å². The molecule has 7 heteroatoms. The van der Waals surface area contributed by atoms with E-state index in [1.807, 2.05) is 0 Å². The molecular weight excluding hydrogens is 329 g/mol. The summed E-state index contributed by atoms with van der Waals surface area (Å²) in [7, 11) is 0. The van der Waals surface area contributed by atoms with Crippen LogP contribution < -0.4 is 10.6 Å². The highest BCUT2D eigenvalue weighted by Gasteiger charge is 2.33. The van der Waals surface area contributed by atoms with Crippen LogP contribution in [-0.2, 0) is 11.0 Å². The second-order valence-electron chi connectivity index (χ2n) is 5.81. The van der Waals surface area contributed by atoms with Crippen LogP contribution in [-0.4, -0.2) is 18.5 Å². The molecule has 2 N–H and O–H groups in total. The Morgan fingerprint density at radius 2 is 1.83 bits per heavy atom. The summed E-state index contributed by atoms with van der Waals surface area (Å²) in [4.78, 5) is 11.9. The Morgan fingerprint density at radius 1 is 1.17 bits per heavy atom.